The molecule has 0 saturated heterocycles. The number of nitrogens with one attached hydrogen (secondary N) is 1. The Morgan fingerprint density at radius 2 is 1.93 bits per heavy atom. The fourth-order valence-corrected chi connectivity index (χ4v) is 2.66. The second-order valence-corrected chi connectivity index (χ2v) is 5.96. The molecule has 2 aromatic carbocycles. The van der Waals surface area contributed by atoms with Gasteiger partial charge in [-0.1, -0.05) is 25.1 Å². The number of carbonyl (C=O) groups is 2. The molecular weight excluding hydrogens is 364 g/mol. The monoisotopic (exact) mass is 386 g/mol. The van der Waals surface area contributed by atoms with Gasteiger partial charge >= 0.3 is 11.7 Å². The van der Waals surface area contributed by atoms with Crippen LogP contribution in [0.5, 0.6) is 5.75 Å². The molecule has 28 heavy (non-hydrogen) atoms. The zero-order valence-electron chi connectivity index (χ0n) is 16.0. The third-order valence-corrected chi connectivity index (χ3v) is 4.03. The number of amides is 1. The largest absolute Gasteiger partial charge is 0.487 e. The van der Waals surface area contributed by atoms with E-state index in [0.29, 0.717) is 5.69 Å². The van der Waals surface area contributed by atoms with Gasteiger partial charge in [0.15, 0.2) is 12.4 Å². The van der Waals surface area contributed by atoms with Gasteiger partial charge in [0, 0.05) is 11.8 Å². The third kappa shape index (κ3) is 5.06. The summed E-state index contributed by atoms with van der Waals surface area (Å²) in [4.78, 5) is 34.8. The Kier molecular flexibility index (Phi) is 7.08. The van der Waals surface area contributed by atoms with Gasteiger partial charge in [-0.25, -0.2) is 4.79 Å². The minimum Gasteiger partial charge on any atom is -0.487 e. The zero-order chi connectivity index (χ0) is 20.7. The van der Waals surface area contributed by atoms with Gasteiger partial charge in [-0.2, -0.15) is 0 Å². The lowest BCUT2D eigenvalue weighted by Crippen LogP contribution is -2.22. The average molecular weight is 386 g/mol. The predicted molar refractivity (Wildman–Crippen MR) is 104 cm³/mol. The molecule has 148 valence electrons. The Morgan fingerprint density at radius 1 is 1.18 bits per heavy atom. The van der Waals surface area contributed by atoms with Crippen LogP contribution in [-0.2, 0) is 16.0 Å². The molecule has 2 aromatic rings. The smallest absolute Gasteiger partial charge is 0.338 e. The molecule has 0 aliphatic rings. The highest BCUT2D eigenvalue weighted by atomic mass is 16.6. The molecule has 2 rings (SSSR count). The normalized spacial score (nSPS) is 10.2. The number of nitro groups is 1. The zero-order valence-corrected chi connectivity index (χ0v) is 16.0. The van der Waals surface area contributed by atoms with E-state index in [9.17, 15) is 19.7 Å². The Morgan fingerprint density at radius 3 is 2.57 bits per heavy atom. The number of rotatable bonds is 8. The molecule has 8 nitrogen and oxygen atoms in total. The van der Waals surface area contributed by atoms with Gasteiger partial charge in [-0.15, -0.1) is 0 Å². The summed E-state index contributed by atoms with van der Waals surface area (Å²) < 4.78 is 10.2. The molecule has 0 aromatic heterocycles. The maximum Gasteiger partial charge on any atom is 0.338 e. The first-order valence-corrected chi connectivity index (χ1v) is 8.84. The Bertz CT molecular complexity index is 894. The van der Waals surface area contributed by atoms with Crippen molar-refractivity contribution in [1.29, 1.82) is 0 Å². The van der Waals surface area contributed by atoms with Gasteiger partial charge in [0.25, 0.3) is 5.91 Å². The fourth-order valence-electron chi connectivity index (χ4n) is 2.66. The first-order valence-electron chi connectivity index (χ1n) is 8.84. The molecule has 0 atom stereocenters. The van der Waals surface area contributed by atoms with Gasteiger partial charge < -0.3 is 14.8 Å². The van der Waals surface area contributed by atoms with E-state index in [4.69, 9.17) is 9.47 Å². The number of para-hydroxylation sites is 1. The van der Waals surface area contributed by atoms with Crippen LogP contribution in [0.1, 0.15) is 35.3 Å². The Labute approximate surface area is 162 Å². The number of benzene rings is 2. The summed E-state index contributed by atoms with van der Waals surface area (Å²) in [6, 6.07) is 9.45. The minimum absolute atomic E-state index is 0.0342. The molecule has 8 heteroatoms. The van der Waals surface area contributed by atoms with Gasteiger partial charge in [0.2, 0.25) is 0 Å². The van der Waals surface area contributed by atoms with E-state index in [1.54, 1.807) is 6.92 Å². The van der Waals surface area contributed by atoms with Crippen LogP contribution in [0.3, 0.4) is 0 Å². The lowest BCUT2D eigenvalue weighted by Gasteiger charge is -2.13. The number of anilines is 1. The van der Waals surface area contributed by atoms with Crippen LogP contribution in [0, 0.1) is 17.0 Å². The highest BCUT2D eigenvalue weighted by molar-refractivity contribution is 5.96. The molecule has 0 aliphatic carbocycles. The van der Waals surface area contributed by atoms with Crippen molar-refractivity contribution in [3.8, 4) is 5.75 Å². The topological polar surface area (TPSA) is 108 Å². The van der Waals surface area contributed by atoms with Crippen molar-refractivity contribution in [2.24, 2.45) is 0 Å². The summed E-state index contributed by atoms with van der Waals surface area (Å²) in [5.41, 5.74) is 2.20. The molecule has 0 heterocycles. The number of aryl methyl sites for hydroxylation is 2. The molecule has 1 N–H and O–H groups in total. The number of hydrogen-bond acceptors (Lipinski definition) is 6. The maximum absolute atomic E-state index is 12.2. The highest BCUT2D eigenvalue weighted by Crippen LogP contribution is 2.28. The lowest BCUT2D eigenvalue weighted by atomic mass is 10.1. The Hall–Kier alpha value is -3.42. The highest BCUT2D eigenvalue weighted by Gasteiger charge is 2.20. The van der Waals surface area contributed by atoms with E-state index in [2.05, 4.69) is 5.32 Å². The van der Waals surface area contributed by atoms with Crippen molar-refractivity contribution < 1.29 is 24.0 Å². The van der Waals surface area contributed by atoms with E-state index in [0.717, 1.165) is 23.6 Å². The first-order chi connectivity index (χ1) is 13.4. The average Bonchev–Trinajstić information content (AvgIpc) is 2.68. The molecule has 0 fully saturated rings. The van der Waals surface area contributed by atoms with Crippen LogP contribution < -0.4 is 10.1 Å². The summed E-state index contributed by atoms with van der Waals surface area (Å²) >= 11 is 0. The second kappa shape index (κ2) is 9.50. The number of esters is 1. The van der Waals surface area contributed by atoms with Gasteiger partial charge in [-0.3, -0.25) is 14.9 Å². The van der Waals surface area contributed by atoms with Gasteiger partial charge in [0.1, 0.15) is 0 Å². The molecule has 1 amide bonds. The molecular formula is C20H22N2O6. The molecule has 0 bridgehead atoms. The summed E-state index contributed by atoms with van der Waals surface area (Å²) in [7, 11) is 0. The number of nitro benzene ring substituents is 1. The molecule has 0 unspecified atom stereocenters. The van der Waals surface area contributed by atoms with Crippen LogP contribution >= 0.6 is 0 Å². The molecule has 0 aliphatic heterocycles. The SMILES string of the molecule is CCOc1ccc(C(=O)OCC(=O)Nc2c(C)cccc2CC)cc1[N+](=O)[O-]. The van der Waals surface area contributed by atoms with Crippen molar-refractivity contribution >= 4 is 23.3 Å². The number of ether oxygens (including phenoxy) is 2. The van der Waals surface area contributed by atoms with Gasteiger partial charge in [-0.05, 0) is 43.5 Å². The van der Waals surface area contributed by atoms with Crippen LogP contribution in [0.2, 0.25) is 0 Å². The lowest BCUT2D eigenvalue weighted by molar-refractivity contribution is -0.385. The maximum atomic E-state index is 12.2. The van der Waals surface area contributed by atoms with Crippen molar-refractivity contribution in [3.63, 3.8) is 0 Å². The number of nitrogens with zero attached hydrogens (tertiary/aromatic N) is 1. The summed E-state index contributed by atoms with van der Waals surface area (Å²) in [6.45, 7) is 5.30. The number of hydrogen-bond donors (Lipinski definition) is 1. The molecule has 0 saturated carbocycles. The van der Waals surface area contributed by atoms with E-state index in [-0.39, 0.29) is 23.6 Å². The predicted octanol–water partition coefficient (Wildman–Crippen LogP) is 3.66. The van der Waals surface area contributed by atoms with Crippen molar-refractivity contribution in [2.45, 2.75) is 27.2 Å². The van der Waals surface area contributed by atoms with E-state index < -0.39 is 23.4 Å². The van der Waals surface area contributed by atoms with E-state index in [1.165, 1.54) is 12.1 Å². The van der Waals surface area contributed by atoms with Crippen molar-refractivity contribution in [1.82, 2.24) is 0 Å². The van der Waals surface area contributed by atoms with E-state index >= 15 is 0 Å². The first kappa shape index (κ1) is 20.9. The summed E-state index contributed by atoms with van der Waals surface area (Å²) in [5.74, 6) is -1.26. The summed E-state index contributed by atoms with van der Waals surface area (Å²) in [6.07, 6.45) is 0.743. The standard InChI is InChI=1S/C20H22N2O6/c1-4-14-8-6-7-13(3)19(14)21-18(23)12-28-20(24)15-9-10-17(27-5-2)16(11-15)22(25)26/h6-11H,4-5,12H2,1-3H3,(H,21,23). The van der Waals surface area contributed by atoms with Crippen LogP contribution in [0.4, 0.5) is 11.4 Å². The number of carbonyl (C=O) groups excluding carboxylic acids is 2. The minimum atomic E-state index is -0.832. The molecule has 0 spiro atoms. The van der Waals surface area contributed by atoms with Gasteiger partial charge in [0.05, 0.1) is 17.1 Å². The second-order valence-electron chi connectivity index (χ2n) is 5.96. The summed E-state index contributed by atoms with van der Waals surface area (Å²) in [5, 5.41) is 13.9. The third-order valence-electron chi connectivity index (χ3n) is 4.03. The quantitative estimate of drug-likeness (QED) is 0.421. The van der Waals surface area contributed by atoms with E-state index in [1.807, 2.05) is 32.0 Å². The van der Waals surface area contributed by atoms with Crippen LogP contribution in [0.25, 0.3) is 0 Å². The Balaban J connectivity index is 2.05. The van der Waals surface area contributed by atoms with Crippen LogP contribution in [0.15, 0.2) is 36.4 Å². The molecule has 0 radical (unpaired) electrons. The van der Waals surface area contributed by atoms with Crippen molar-refractivity contribution in [2.75, 3.05) is 18.5 Å². The fraction of sp³-hybridized carbons (Fsp3) is 0.300. The van der Waals surface area contributed by atoms with Crippen molar-refractivity contribution in [3.05, 3.63) is 63.2 Å². The van der Waals surface area contributed by atoms with Crippen LogP contribution in [-0.4, -0.2) is 30.0 Å².